The Hall–Kier alpha value is -0.620. The summed E-state index contributed by atoms with van der Waals surface area (Å²) in [5, 5.41) is 0. The van der Waals surface area contributed by atoms with Gasteiger partial charge in [-0.3, -0.25) is 4.79 Å². The maximum Gasteiger partial charge on any atom is 0.138 e. The van der Waals surface area contributed by atoms with Crippen LogP contribution in [0.2, 0.25) is 0 Å². The SMILES string of the molecule is C=C(C)[C@@H]1CC[C@]2(C(=C)OP)CC[C@]3(C)[C@H](CC[C@@H]4[C@@]5(C)CCC(=O)C(C)(C)[C@@H]5CC[C@]43C)[C@@H]12. The van der Waals surface area contributed by atoms with E-state index in [9.17, 15) is 4.79 Å². The molecule has 34 heavy (non-hydrogen) atoms. The minimum Gasteiger partial charge on any atom is -0.485 e. The molecule has 5 fully saturated rings. The van der Waals surface area contributed by atoms with Crippen LogP contribution >= 0.6 is 9.47 Å². The molecule has 190 valence electrons. The maximum atomic E-state index is 13.0. The van der Waals surface area contributed by atoms with E-state index in [2.05, 4.69) is 64.2 Å². The van der Waals surface area contributed by atoms with E-state index in [1.807, 2.05) is 0 Å². The molecule has 0 saturated heterocycles. The first-order valence-corrected chi connectivity index (χ1v) is 14.5. The van der Waals surface area contributed by atoms with Gasteiger partial charge in [0.15, 0.2) is 0 Å². The van der Waals surface area contributed by atoms with Crippen LogP contribution in [-0.4, -0.2) is 5.78 Å². The molecule has 5 aliphatic rings. The lowest BCUT2D eigenvalue weighted by Gasteiger charge is -2.72. The standard InChI is InChI=1S/C31H49O2P/c1-19(2)21-11-16-31(20(3)33-34)18-17-29(7)22(26(21)31)9-10-24-28(6)14-13-25(32)27(4,5)23(28)12-15-30(24,29)8/h21-24,26H,1,3,9-18,34H2,2,4-8H3/t21-,22+,23-,24+,26+,28-,29+,30+,31+/m0/s1. The number of ketones is 1. The third-order valence-corrected chi connectivity index (χ3v) is 13.8. The summed E-state index contributed by atoms with van der Waals surface area (Å²) in [5.41, 5.74) is 2.24. The molecule has 0 spiro atoms. The minimum absolute atomic E-state index is 0.110. The summed E-state index contributed by atoms with van der Waals surface area (Å²) in [6, 6.07) is 0. The largest absolute Gasteiger partial charge is 0.485 e. The summed E-state index contributed by atoms with van der Waals surface area (Å²) in [5.74, 6) is 4.63. The van der Waals surface area contributed by atoms with Gasteiger partial charge in [-0.2, -0.15) is 0 Å². The lowest BCUT2D eigenvalue weighted by Crippen LogP contribution is -2.66. The van der Waals surface area contributed by atoms with Crippen molar-refractivity contribution in [2.75, 3.05) is 0 Å². The van der Waals surface area contributed by atoms with Crippen molar-refractivity contribution in [3.8, 4) is 0 Å². The zero-order valence-electron chi connectivity index (χ0n) is 22.8. The number of hydrogen-bond donors (Lipinski definition) is 0. The molecule has 0 radical (unpaired) electrons. The Balaban J connectivity index is 1.57. The molecule has 5 aliphatic carbocycles. The molecule has 1 unspecified atom stereocenters. The molecule has 0 aliphatic heterocycles. The van der Waals surface area contributed by atoms with Crippen molar-refractivity contribution in [1.29, 1.82) is 0 Å². The van der Waals surface area contributed by atoms with Gasteiger partial charge in [0, 0.05) is 17.3 Å². The smallest absolute Gasteiger partial charge is 0.138 e. The van der Waals surface area contributed by atoms with Crippen molar-refractivity contribution in [2.24, 2.45) is 56.7 Å². The number of Topliss-reactive ketones (excluding diaryl/α,β-unsaturated/α-hetero) is 1. The zero-order chi connectivity index (χ0) is 24.9. The Morgan fingerprint density at radius 1 is 0.882 bits per heavy atom. The molecule has 5 rings (SSSR count). The van der Waals surface area contributed by atoms with Gasteiger partial charge in [0.1, 0.15) is 5.78 Å². The summed E-state index contributed by atoms with van der Waals surface area (Å²) < 4.78 is 5.85. The summed E-state index contributed by atoms with van der Waals surface area (Å²) >= 11 is 0. The fourth-order valence-corrected chi connectivity index (χ4v) is 11.8. The van der Waals surface area contributed by atoms with E-state index >= 15 is 0 Å². The number of rotatable bonds is 3. The Kier molecular flexibility index (Phi) is 5.67. The third-order valence-electron chi connectivity index (χ3n) is 13.5. The number of carbonyl (C=O) groups is 1. The van der Waals surface area contributed by atoms with Crippen molar-refractivity contribution >= 4 is 15.2 Å². The van der Waals surface area contributed by atoms with Crippen molar-refractivity contribution in [3.05, 3.63) is 24.5 Å². The summed E-state index contributed by atoms with van der Waals surface area (Å²) in [4.78, 5) is 13.0. The van der Waals surface area contributed by atoms with E-state index in [1.165, 1.54) is 56.9 Å². The predicted molar refractivity (Wildman–Crippen MR) is 144 cm³/mol. The maximum absolute atomic E-state index is 13.0. The Morgan fingerprint density at radius 2 is 1.59 bits per heavy atom. The van der Waals surface area contributed by atoms with Crippen LogP contribution in [0.15, 0.2) is 24.5 Å². The molecular weight excluding hydrogens is 435 g/mol. The van der Waals surface area contributed by atoms with E-state index in [0.29, 0.717) is 46.2 Å². The van der Waals surface area contributed by atoms with E-state index in [1.54, 1.807) is 0 Å². The van der Waals surface area contributed by atoms with E-state index in [0.717, 1.165) is 18.6 Å². The quantitative estimate of drug-likeness (QED) is 0.228. The molecule has 0 aromatic carbocycles. The van der Waals surface area contributed by atoms with Gasteiger partial charge in [-0.1, -0.05) is 53.3 Å². The van der Waals surface area contributed by atoms with Crippen LogP contribution in [0.25, 0.3) is 0 Å². The average Bonchev–Trinajstić information content (AvgIpc) is 3.18. The summed E-state index contributed by atoms with van der Waals surface area (Å²) in [6.45, 7) is 23.7. The molecule has 0 aromatic heterocycles. The van der Waals surface area contributed by atoms with Gasteiger partial charge in [0.25, 0.3) is 0 Å². The van der Waals surface area contributed by atoms with Crippen molar-refractivity contribution in [1.82, 2.24) is 0 Å². The highest BCUT2D eigenvalue weighted by Crippen LogP contribution is 2.78. The van der Waals surface area contributed by atoms with E-state index in [-0.39, 0.29) is 16.2 Å². The van der Waals surface area contributed by atoms with E-state index in [4.69, 9.17) is 4.52 Å². The van der Waals surface area contributed by atoms with Crippen LogP contribution in [0.1, 0.15) is 106 Å². The second kappa shape index (κ2) is 7.69. The fourth-order valence-electron chi connectivity index (χ4n) is 11.5. The summed E-state index contributed by atoms with van der Waals surface area (Å²) in [6.07, 6.45) is 11.9. The molecule has 5 saturated carbocycles. The highest BCUT2D eigenvalue weighted by Gasteiger charge is 2.71. The second-order valence-corrected chi connectivity index (χ2v) is 14.8. The van der Waals surface area contributed by atoms with Crippen LogP contribution in [-0.2, 0) is 9.32 Å². The molecule has 0 N–H and O–H groups in total. The van der Waals surface area contributed by atoms with Gasteiger partial charge in [-0.25, -0.2) is 0 Å². The van der Waals surface area contributed by atoms with Gasteiger partial charge in [-0.15, -0.1) is 0 Å². The van der Waals surface area contributed by atoms with Crippen LogP contribution in [0.3, 0.4) is 0 Å². The number of hydrogen-bond acceptors (Lipinski definition) is 2. The molecule has 10 atom stereocenters. The Morgan fingerprint density at radius 3 is 2.24 bits per heavy atom. The first kappa shape index (κ1) is 25.0. The monoisotopic (exact) mass is 484 g/mol. The second-order valence-electron chi connectivity index (χ2n) is 14.5. The van der Waals surface area contributed by atoms with Crippen molar-refractivity contribution in [2.45, 2.75) is 106 Å². The highest BCUT2D eigenvalue weighted by atomic mass is 31.0. The lowest BCUT2D eigenvalue weighted by atomic mass is 9.32. The molecule has 0 heterocycles. The number of carbonyl (C=O) groups excluding carboxylic acids is 1. The van der Waals surface area contributed by atoms with Crippen LogP contribution in [0.5, 0.6) is 0 Å². The zero-order valence-corrected chi connectivity index (χ0v) is 23.9. The van der Waals surface area contributed by atoms with Crippen LogP contribution in [0.4, 0.5) is 0 Å². The number of allylic oxidation sites excluding steroid dienone is 2. The van der Waals surface area contributed by atoms with Crippen molar-refractivity contribution in [3.63, 3.8) is 0 Å². The topological polar surface area (TPSA) is 26.3 Å². The lowest BCUT2D eigenvalue weighted by molar-refractivity contribution is -0.232. The minimum atomic E-state index is -0.168. The van der Waals surface area contributed by atoms with Gasteiger partial charge in [0.2, 0.25) is 0 Å². The van der Waals surface area contributed by atoms with Gasteiger partial charge >= 0.3 is 0 Å². The molecule has 0 aromatic rings. The first-order valence-electron chi connectivity index (χ1n) is 14.0. The van der Waals surface area contributed by atoms with Gasteiger partial charge in [-0.05, 0) is 111 Å². The normalized spacial score (nSPS) is 51.5. The number of fused-ring (bicyclic) bond motifs is 7. The highest BCUT2D eigenvalue weighted by molar-refractivity contribution is 7.10. The van der Waals surface area contributed by atoms with Gasteiger partial charge < -0.3 is 4.52 Å². The molecule has 0 bridgehead atoms. The summed E-state index contributed by atoms with van der Waals surface area (Å²) in [7, 11) is 2.49. The van der Waals surface area contributed by atoms with E-state index < -0.39 is 0 Å². The molecule has 0 amide bonds. The molecular formula is C31H49O2P. The van der Waals surface area contributed by atoms with Crippen molar-refractivity contribution < 1.29 is 9.32 Å². The fraction of sp³-hybridized carbons (Fsp3) is 0.839. The molecule has 3 heteroatoms. The van der Waals surface area contributed by atoms with Crippen LogP contribution in [0, 0.1) is 56.7 Å². The third kappa shape index (κ3) is 2.87. The predicted octanol–water partition coefficient (Wildman–Crippen LogP) is 8.53. The Bertz CT molecular complexity index is 920. The average molecular weight is 485 g/mol. The first-order chi connectivity index (χ1) is 15.8. The van der Waals surface area contributed by atoms with Gasteiger partial charge in [0.05, 0.1) is 15.2 Å². The Labute approximate surface area is 211 Å². The van der Waals surface area contributed by atoms with Crippen LogP contribution < -0.4 is 0 Å². The molecule has 2 nitrogen and oxygen atoms in total.